The van der Waals surface area contributed by atoms with Gasteiger partial charge in [0.05, 0.1) is 19.3 Å². The van der Waals surface area contributed by atoms with Gasteiger partial charge in [0.1, 0.15) is 12.4 Å². The van der Waals surface area contributed by atoms with Crippen LogP contribution in [0.4, 0.5) is 0 Å². The van der Waals surface area contributed by atoms with E-state index in [-0.39, 0.29) is 11.8 Å². The van der Waals surface area contributed by atoms with Crippen molar-refractivity contribution in [2.24, 2.45) is 5.92 Å². The molecule has 1 saturated heterocycles. The number of piperazine rings is 1. The van der Waals surface area contributed by atoms with E-state index < -0.39 is 0 Å². The second kappa shape index (κ2) is 11.5. The number of rotatable bonds is 10. The van der Waals surface area contributed by atoms with Crippen LogP contribution in [0.15, 0.2) is 49.3 Å². The molecule has 2 heterocycles. The summed E-state index contributed by atoms with van der Waals surface area (Å²) in [5.74, 6) is 1.56. The zero-order valence-corrected chi connectivity index (χ0v) is 20.9. The lowest BCUT2D eigenvalue weighted by Gasteiger charge is -2.38. The van der Waals surface area contributed by atoms with Crippen molar-refractivity contribution in [2.45, 2.75) is 32.7 Å². The molecule has 0 bridgehead atoms. The number of aryl methyl sites for hydroxylation is 1. The summed E-state index contributed by atoms with van der Waals surface area (Å²) in [4.78, 5) is 34.5. The maximum Gasteiger partial charge on any atom is 0.245 e. The van der Waals surface area contributed by atoms with Gasteiger partial charge in [0.15, 0.2) is 0 Å². The first-order valence-electron chi connectivity index (χ1n) is 12.5. The Morgan fingerprint density at radius 1 is 1.29 bits per heavy atom. The third-order valence-electron chi connectivity index (χ3n) is 7.17. The highest BCUT2D eigenvalue weighted by Gasteiger charge is 2.28. The molecule has 7 heteroatoms. The Morgan fingerprint density at radius 3 is 2.80 bits per heavy atom. The van der Waals surface area contributed by atoms with Crippen molar-refractivity contribution < 1.29 is 14.3 Å². The average molecular weight is 477 g/mol. The molecule has 2 aliphatic rings. The summed E-state index contributed by atoms with van der Waals surface area (Å²) in [6.07, 6.45) is 8.72. The number of aromatic nitrogens is 1. The van der Waals surface area contributed by atoms with Gasteiger partial charge in [-0.3, -0.25) is 19.5 Å². The van der Waals surface area contributed by atoms with Crippen LogP contribution in [0.1, 0.15) is 30.4 Å². The molecule has 4 rings (SSSR count). The highest BCUT2D eigenvalue weighted by molar-refractivity contribution is 5.86. The molecule has 1 aromatic heterocycles. The van der Waals surface area contributed by atoms with Gasteiger partial charge < -0.3 is 14.5 Å². The summed E-state index contributed by atoms with van der Waals surface area (Å²) < 4.78 is 5.96. The summed E-state index contributed by atoms with van der Waals surface area (Å²) in [6, 6.07) is 8.27. The van der Waals surface area contributed by atoms with Gasteiger partial charge in [0, 0.05) is 45.0 Å². The monoisotopic (exact) mass is 476 g/mol. The normalized spacial score (nSPS) is 16.6. The van der Waals surface area contributed by atoms with Gasteiger partial charge in [0.25, 0.3) is 0 Å². The van der Waals surface area contributed by atoms with Gasteiger partial charge in [-0.05, 0) is 54.5 Å². The molecule has 1 aliphatic heterocycles. The fraction of sp³-hybridized carbons (Fsp3) is 0.464. The van der Waals surface area contributed by atoms with E-state index in [0.717, 1.165) is 47.8 Å². The summed E-state index contributed by atoms with van der Waals surface area (Å²) >= 11 is 0. The van der Waals surface area contributed by atoms with E-state index in [1.54, 1.807) is 24.3 Å². The van der Waals surface area contributed by atoms with Gasteiger partial charge in [-0.25, -0.2) is 0 Å². The lowest BCUT2D eigenvalue weighted by atomic mass is 9.85. The maximum absolute atomic E-state index is 12.8. The number of pyridine rings is 1. The molecule has 35 heavy (non-hydrogen) atoms. The van der Waals surface area contributed by atoms with Crippen LogP contribution >= 0.6 is 0 Å². The van der Waals surface area contributed by atoms with E-state index in [2.05, 4.69) is 41.6 Å². The predicted octanol–water partition coefficient (Wildman–Crippen LogP) is 3.52. The molecular formula is C28H36N4O3. The molecular weight excluding hydrogens is 440 g/mol. The van der Waals surface area contributed by atoms with E-state index in [4.69, 9.17) is 4.74 Å². The van der Waals surface area contributed by atoms with Gasteiger partial charge in [0.2, 0.25) is 11.8 Å². The molecule has 7 nitrogen and oxygen atoms in total. The third kappa shape index (κ3) is 6.28. The average Bonchev–Trinajstić information content (AvgIpc) is 2.83. The van der Waals surface area contributed by atoms with E-state index in [0.29, 0.717) is 32.0 Å². The summed E-state index contributed by atoms with van der Waals surface area (Å²) in [7, 11) is 1.72. The van der Waals surface area contributed by atoms with Crippen molar-refractivity contribution in [1.82, 2.24) is 19.7 Å². The number of carbonyl (C=O) groups is 2. The lowest BCUT2D eigenvalue weighted by Crippen LogP contribution is -2.51. The highest BCUT2D eigenvalue weighted by Crippen LogP contribution is 2.31. The number of carbonyl (C=O) groups excluding carboxylic acids is 2. The zero-order valence-electron chi connectivity index (χ0n) is 20.9. The number of hydrogen-bond acceptors (Lipinski definition) is 5. The molecule has 1 aliphatic carbocycles. The SMILES string of the molecule is C=CC(=O)N(C)CCOc1cnccc1-c1ccc(CN2CCN(CC3CCC3)CC2=O)c(C)c1. The fourth-order valence-electron chi connectivity index (χ4n) is 4.66. The molecule has 2 fully saturated rings. The Hall–Kier alpha value is -3.19. The summed E-state index contributed by atoms with van der Waals surface area (Å²) in [5, 5.41) is 0. The smallest absolute Gasteiger partial charge is 0.245 e. The second-order valence-corrected chi connectivity index (χ2v) is 9.67. The van der Waals surface area contributed by atoms with E-state index in [9.17, 15) is 9.59 Å². The molecule has 0 N–H and O–H groups in total. The Balaban J connectivity index is 1.37. The van der Waals surface area contributed by atoms with Crippen LogP contribution < -0.4 is 4.74 Å². The highest BCUT2D eigenvalue weighted by atomic mass is 16.5. The molecule has 1 aromatic carbocycles. The van der Waals surface area contributed by atoms with E-state index in [1.807, 2.05) is 11.0 Å². The lowest BCUT2D eigenvalue weighted by molar-refractivity contribution is -0.137. The first-order valence-corrected chi connectivity index (χ1v) is 12.5. The van der Waals surface area contributed by atoms with Crippen molar-refractivity contribution >= 4 is 11.8 Å². The van der Waals surface area contributed by atoms with Gasteiger partial charge >= 0.3 is 0 Å². The number of likely N-dealkylation sites (N-methyl/N-ethyl adjacent to an activating group) is 1. The number of benzene rings is 1. The minimum Gasteiger partial charge on any atom is -0.489 e. The molecule has 2 amide bonds. The topological polar surface area (TPSA) is 66.0 Å². The minimum absolute atomic E-state index is 0.135. The molecule has 1 saturated carbocycles. The first-order chi connectivity index (χ1) is 16.9. The van der Waals surface area contributed by atoms with Crippen molar-refractivity contribution in [3.05, 3.63) is 60.4 Å². The fourth-order valence-corrected chi connectivity index (χ4v) is 4.66. The van der Waals surface area contributed by atoms with Gasteiger partial charge in [-0.1, -0.05) is 31.2 Å². The largest absolute Gasteiger partial charge is 0.489 e. The third-order valence-corrected chi connectivity index (χ3v) is 7.17. The standard InChI is InChI=1S/C28H36N4O3/c1-4-27(33)30(3)14-15-35-26-17-29-11-10-25(26)23-8-9-24(21(2)16-23)19-32-13-12-31(20-28(32)34)18-22-6-5-7-22/h4,8-11,16-17,22H,1,5-7,12-15,18-20H2,2-3H3. The van der Waals surface area contributed by atoms with Crippen LogP contribution in [0.3, 0.4) is 0 Å². The van der Waals surface area contributed by atoms with Crippen LogP contribution in [0, 0.1) is 12.8 Å². The van der Waals surface area contributed by atoms with Gasteiger partial charge in [-0.15, -0.1) is 0 Å². The minimum atomic E-state index is -0.135. The van der Waals surface area contributed by atoms with Gasteiger partial charge in [-0.2, -0.15) is 0 Å². The molecule has 2 aromatic rings. The van der Waals surface area contributed by atoms with Crippen LogP contribution in [-0.2, 0) is 16.1 Å². The molecule has 0 radical (unpaired) electrons. The summed E-state index contributed by atoms with van der Waals surface area (Å²) in [6.45, 7) is 10.4. The number of ether oxygens (including phenoxy) is 1. The number of hydrogen-bond donors (Lipinski definition) is 0. The first kappa shape index (κ1) is 24.9. The number of nitrogens with zero attached hydrogens (tertiary/aromatic N) is 4. The Morgan fingerprint density at radius 2 is 2.11 bits per heavy atom. The van der Waals surface area contributed by atoms with E-state index in [1.165, 1.54) is 25.3 Å². The molecule has 0 spiro atoms. The van der Waals surface area contributed by atoms with Crippen molar-refractivity contribution in [2.75, 3.05) is 46.4 Å². The van der Waals surface area contributed by atoms with Crippen LogP contribution in [0.5, 0.6) is 5.75 Å². The predicted molar refractivity (Wildman–Crippen MR) is 137 cm³/mol. The Labute approximate surface area is 208 Å². The summed E-state index contributed by atoms with van der Waals surface area (Å²) in [5.41, 5.74) is 4.30. The van der Waals surface area contributed by atoms with Crippen molar-refractivity contribution in [3.8, 4) is 16.9 Å². The quantitative estimate of drug-likeness (QED) is 0.491. The van der Waals surface area contributed by atoms with Crippen LogP contribution in [0.2, 0.25) is 0 Å². The molecule has 186 valence electrons. The zero-order chi connectivity index (χ0) is 24.8. The molecule has 0 unspecified atom stereocenters. The van der Waals surface area contributed by atoms with E-state index >= 15 is 0 Å². The Kier molecular flexibility index (Phi) is 8.18. The second-order valence-electron chi connectivity index (χ2n) is 9.67. The van der Waals surface area contributed by atoms with Crippen LogP contribution in [-0.4, -0.2) is 77.9 Å². The van der Waals surface area contributed by atoms with Crippen molar-refractivity contribution in [3.63, 3.8) is 0 Å². The van der Waals surface area contributed by atoms with Crippen LogP contribution in [0.25, 0.3) is 11.1 Å². The number of amides is 2. The molecule has 0 atom stereocenters. The maximum atomic E-state index is 12.8. The Bertz CT molecular complexity index is 1070. The van der Waals surface area contributed by atoms with Crippen molar-refractivity contribution in [1.29, 1.82) is 0 Å².